The third-order valence-electron chi connectivity index (χ3n) is 2.19. The van der Waals surface area contributed by atoms with E-state index in [1.165, 1.54) is 6.92 Å². The SMILES string of the molecule is C[CH-]C(C)C(CC)OC(=O)CC(C)=O.[Y]. The van der Waals surface area contributed by atoms with Gasteiger partial charge in [0, 0.05) is 32.7 Å². The quantitative estimate of drug-likeness (QED) is 0.427. The fraction of sp³-hybridized carbons (Fsp3) is 0.727. The topological polar surface area (TPSA) is 43.4 Å². The number of rotatable bonds is 6. The maximum absolute atomic E-state index is 11.2. The largest absolute Gasteiger partial charge is 0.465 e. The van der Waals surface area contributed by atoms with Crippen LogP contribution in [-0.2, 0) is 47.0 Å². The summed E-state index contributed by atoms with van der Waals surface area (Å²) in [5.41, 5.74) is 0. The molecule has 2 atom stereocenters. The van der Waals surface area contributed by atoms with Crippen molar-refractivity contribution in [2.24, 2.45) is 5.92 Å². The molecule has 1 radical (unpaired) electrons. The molecule has 0 aromatic rings. The zero-order chi connectivity index (χ0) is 11.1. The van der Waals surface area contributed by atoms with Crippen molar-refractivity contribution >= 4 is 11.8 Å². The van der Waals surface area contributed by atoms with Gasteiger partial charge in [-0.15, -0.1) is 5.92 Å². The Kier molecular flexibility index (Phi) is 11.1. The number of ether oxygens (including phenoxy) is 1. The number of ketones is 1. The van der Waals surface area contributed by atoms with Crippen LogP contribution in [0.4, 0.5) is 0 Å². The minimum absolute atomic E-state index is 0. The molecule has 0 aromatic heterocycles. The summed E-state index contributed by atoms with van der Waals surface area (Å²) in [6, 6.07) is 0. The van der Waals surface area contributed by atoms with Crippen LogP contribution < -0.4 is 0 Å². The Morgan fingerprint density at radius 3 is 2.27 bits per heavy atom. The fourth-order valence-corrected chi connectivity index (χ4v) is 1.19. The van der Waals surface area contributed by atoms with E-state index < -0.39 is 5.97 Å². The van der Waals surface area contributed by atoms with E-state index in [1.54, 1.807) is 0 Å². The van der Waals surface area contributed by atoms with Crippen LogP contribution in [0.3, 0.4) is 0 Å². The van der Waals surface area contributed by atoms with Crippen molar-refractivity contribution in [1.29, 1.82) is 0 Å². The van der Waals surface area contributed by atoms with Gasteiger partial charge in [-0.2, -0.15) is 6.92 Å². The second-order valence-electron chi connectivity index (χ2n) is 3.51. The van der Waals surface area contributed by atoms with E-state index in [1.807, 2.05) is 27.2 Å². The van der Waals surface area contributed by atoms with Gasteiger partial charge in [0.2, 0.25) is 0 Å². The Labute approximate surface area is 117 Å². The molecule has 0 heterocycles. The first-order valence-electron chi connectivity index (χ1n) is 4.99. The Morgan fingerprint density at radius 1 is 1.40 bits per heavy atom. The molecule has 0 amide bonds. The van der Waals surface area contributed by atoms with Gasteiger partial charge >= 0.3 is 5.97 Å². The normalized spacial score (nSPS) is 13.6. The third-order valence-corrected chi connectivity index (χ3v) is 2.19. The molecule has 0 aliphatic carbocycles. The van der Waals surface area contributed by atoms with Crippen LogP contribution in [0.5, 0.6) is 0 Å². The van der Waals surface area contributed by atoms with Crippen molar-refractivity contribution in [2.75, 3.05) is 0 Å². The Bertz CT molecular complexity index is 204. The monoisotopic (exact) mass is 288 g/mol. The van der Waals surface area contributed by atoms with Crippen LogP contribution in [-0.4, -0.2) is 17.9 Å². The van der Waals surface area contributed by atoms with Gasteiger partial charge in [-0.05, 0) is 13.3 Å². The molecule has 0 rings (SSSR count). The average molecular weight is 288 g/mol. The van der Waals surface area contributed by atoms with Crippen molar-refractivity contribution in [1.82, 2.24) is 0 Å². The molecule has 0 spiro atoms. The molecule has 0 bridgehead atoms. The molecule has 0 saturated heterocycles. The fourth-order valence-electron chi connectivity index (χ4n) is 1.19. The summed E-state index contributed by atoms with van der Waals surface area (Å²) in [6.07, 6.45) is 2.55. The van der Waals surface area contributed by atoms with Gasteiger partial charge < -0.3 is 11.2 Å². The van der Waals surface area contributed by atoms with Gasteiger partial charge in [0.05, 0.1) is 6.10 Å². The summed E-state index contributed by atoms with van der Waals surface area (Å²) in [5, 5.41) is 0. The van der Waals surface area contributed by atoms with E-state index in [0.29, 0.717) is 0 Å². The molecule has 2 unspecified atom stereocenters. The smallest absolute Gasteiger partial charge is 0.313 e. The molecule has 0 saturated carbocycles. The predicted molar refractivity (Wildman–Crippen MR) is 54.6 cm³/mol. The molecule has 3 nitrogen and oxygen atoms in total. The van der Waals surface area contributed by atoms with E-state index in [0.717, 1.165) is 6.42 Å². The van der Waals surface area contributed by atoms with Crippen LogP contribution >= 0.6 is 0 Å². The van der Waals surface area contributed by atoms with Crippen LogP contribution in [0.15, 0.2) is 0 Å². The molecule has 0 N–H and O–H groups in total. The van der Waals surface area contributed by atoms with Gasteiger partial charge in [-0.25, -0.2) is 0 Å². The number of hydrogen-bond acceptors (Lipinski definition) is 3. The molecule has 0 aromatic carbocycles. The van der Waals surface area contributed by atoms with Crippen molar-refractivity contribution in [3.05, 3.63) is 6.42 Å². The summed E-state index contributed by atoms with van der Waals surface area (Å²) >= 11 is 0. The van der Waals surface area contributed by atoms with Gasteiger partial charge in [0.25, 0.3) is 0 Å². The minimum atomic E-state index is -0.418. The van der Waals surface area contributed by atoms with Gasteiger partial charge in [0.15, 0.2) is 0 Å². The Balaban J connectivity index is 0. The number of carbonyl (C=O) groups is 2. The third kappa shape index (κ3) is 8.09. The Hall–Kier alpha value is 0.244. The zero-order valence-corrected chi connectivity index (χ0v) is 12.8. The van der Waals surface area contributed by atoms with Gasteiger partial charge in [-0.3, -0.25) is 9.59 Å². The molecule has 0 fully saturated rings. The first kappa shape index (κ1) is 17.6. The number of hydrogen-bond donors (Lipinski definition) is 0. The van der Waals surface area contributed by atoms with Crippen molar-refractivity contribution in [3.8, 4) is 0 Å². The zero-order valence-electron chi connectivity index (χ0n) is 9.95. The van der Waals surface area contributed by atoms with Gasteiger partial charge in [0.1, 0.15) is 12.2 Å². The molecule has 4 heteroatoms. The number of Topliss-reactive ketones (excluding diaryl/α,β-unsaturated/α-hetero) is 1. The van der Waals surface area contributed by atoms with E-state index in [9.17, 15) is 9.59 Å². The van der Waals surface area contributed by atoms with E-state index in [-0.39, 0.29) is 56.9 Å². The summed E-state index contributed by atoms with van der Waals surface area (Å²) in [4.78, 5) is 21.8. The number of esters is 1. The van der Waals surface area contributed by atoms with E-state index >= 15 is 0 Å². The average Bonchev–Trinajstić information content (AvgIpc) is 2.11. The Morgan fingerprint density at radius 2 is 1.93 bits per heavy atom. The van der Waals surface area contributed by atoms with Crippen molar-refractivity contribution < 1.29 is 47.0 Å². The number of carbonyl (C=O) groups excluding carboxylic acids is 2. The van der Waals surface area contributed by atoms with Crippen LogP contribution in [0.25, 0.3) is 0 Å². The van der Waals surface area contributed by atoms with E-state index in [2.05, 4.69) is 0 Å². The van der Waals surface area contributed by atoms with Crippen molar-refractivity contribution in [3.63, 3.8) is 0 Å². The summed E-state index contributed by atoms with van der Waals surface area (Å²) < 4.78 is 5.17. The molecule has 15 heavy (non-hydrogen) atoms. The summed E-state index contributed by atoms with van der Waals surface area (Å²) in [7, 11) is 0. The van der Waals surface area contributed by atoms with Gasteiger partial charge in [-0.1, -0.05) is 13.8 Å². The molecular weight excluding hydrogens is 269 g/mol. The standard InChI is InChI=1S/C11H19O3.Y/c1-5-8(3)10(6-2)14-11(13)7-9(4)12;/h5,8,10H,6-7H2,1-4H3;/q-1;. The second-order valence-corrected chi connectivity index (χ2v) is 3.51. The second kappa shape index (κ2) is 9.47. The van der Waals surface area contributed by atoms with Crippen LogP contribution in [0.1, 0.15) is 40.5 Å². The summed E-state index contributed by atoms with van der Waals surface area (Å²) in [5.74, 6) is -0.341. The minimum Gasteiger partial charge on any atom is -0.465 e. The maximum Gasteiger partial charge on any atom is 0.313 e. The molecular formula is C11H19O3Y-. The summed E-state index contributed by atoms with van der Waals surface area (Å²) in [6.45, 7) is 7.28. The van der Waals surface area contributed by atoms with Crippen molar-refractivity contribution in [2.45, 2.75) is 46.6 Å². The predicted octanol–water partition coefficient (Wildman–Crippen LogP) is 2.15. The van der Waals surface area contributed by atoms with E-state index in [4.69, 9.17) is 4.74 Å². The van der Waals surface area contributed by atoms with Crippen LogP contribution in [0.2, 0.25) is 0 Å². The maximum atomic E-state index is 11.2. The molecule has 85 valence electrons. The first-order chi connectivity index (χ1) is 6.51. The van der Waals surface area contributed by atoms with Crippen LogP contribution in [0, 0.1) is 12.3 Å². The molecule has 0 aliphatic rings. The first-order valence-corrected chi connectivity index (χ1v) is 4.99. The molecule has 0 aliphatic heterocycles.